The van der Waals surface area contributed by atoms with E-state index in [9.17, 15) is 4.79 Å². The van der Waals surface area contributed by atoms with Gasteiger partial charge in [-0.05, 0) is 32.4 Å². The number of anilines is 1. The van der Waals surface area contributed by atoms with Crippen molar-refractivity contribution in [3.8, 4) is 11.5 Å². The van der Waals surface area contributed by atoms with Gasteiger partial charge in [-0.2, -0.15) is 5.10 Å². The molecule has 1 atom stereocenters. The van der Waals surface area contributed by atoms with Gasteiger partial charge in [0.15, 0.2) is 0 Å². The summed E-state index contributed by atoms with van der Waals surface area (Å²) >= 11 is 0. The fourth-order valence-corrected chi connectivity index (χ4v) is 2.53. The lowest BCUT2D eigenvalue weighted by Crippen LogP contribution is -2.17. The van der Waals surface area contributed by atoms with Crippen LogP contribution in [0.1, 0.15) is 44.2 Å². The Kier molecular flexibility index (Phi) is 5.46. The van der Waals surface area contributed by atoms with Crippen LogP contribution in [0.15, 0.2) is 40.9 Å². The van der Waals surface area contributed by atoms with Crippen molar-refractivity contribution in [3.63, 3.8) is 0 Å². The van der Waals surface area contributed by atoms with E-state index in [4.69, 9.17) is 4.42 Å². The Hall–Kier alpha value is -2.96. The third-order valence-corrected chi connectivity index (χ3v) is 4.28. The largest absolute Gasteiger partial charge is 0.421 e. The van der Waals surface area contributed by atoms with Crippen LogP contribution >= 0.6 is 0 Å². The number of aryl methyl sites for hydroxylation is 2. The van der Waals surface area contributed by atoms with Gasteiger partial charge in [0.05, 0.1) is 12.2 Å². The summed E-state index contributed by atoms with van der Waals surface area (Å²) in [6.45, 7) is 6.17. The lowest BCUT2D eigenvalue weighted by Gasteiger charge is -2.13. The van der Waals surface area contributed by atoms with Gasteiger partial charge in [0.1, 0.15) is 5.82 Å². The Bertz CT molecular complexity index is 866. The predicted octanol–water partition coefficient (Wildman–Crippen LogP) is 3.78. The van der Waals surface area contributed by atoms with E-state index < -0.39 is 0 Å². The lowest BCUT2D eigenvalue weighted by molar-refractivity contribution is -0.116. The fraction of sp³-hybridized carbons (Fsp3) is 0.368. The zero-order valence-corrected chi connectivity index (χ0v) is 15.3. The topological polar surface area (TPSA) is 85.8 Å². The minimum absolute atomic E-state index is 0.106. The second-order valence-electron chi connectivity index (χ2n) is 6.33. The summed E-state index contributed by atoms with van der Waals surface area (Å²) < 4.78 is 7.47. The van der Waals surface area contributed by atoms with E-state index in [1.165, 1.54) is 5.56 Å². The first-order valence-corrected chi connectivity index (χ1v) is 8.79. The first-order valence-electron chi connectivity index (χ1n) is 8.79. The van der Waals surface area contributed by atoms with E-state index >= 15 is 0 Å². The molecule has 3 aromatic rings. The molecule has 3 rings (SSSR count). The summed E-state index contributed by atoms with van der Waals surface area (Å²) in [5.74, 6) is 1.52. The van der Waals surface area contributed by atoms with Crippen molar-refractivity contribution >= 4 is 11.7 Å². The highest BCUT2D eigenvalue weighted by atomic mass is 16.4. The van der Waals surface area contributed by atoms with Gasteiger partial charge < -0.3 is 9.73 Å². The van der Waals surface area contributed by atoms with Crippen LogP contribution in [0.2, 0.25) is 0 Å². The molecular weight excluding hydrogens is 330 g/mol. The van der Waals surface area contributed by atoms with Gasteiger partial charge in [-0.25, -0.2) is 4.68 Å². The van der Waals surface area contributed by atoms with Crippen molar-refractivity contribution in [1.29, 1.82) is 0 Å². The molecule has 1 unspecified atom stereocenters. The number of carbonyl (C=O) groups excluding carboxylic acids is 1. The molecule has 0 saturated carbocycles. The molecule has 0 aliphatic carbocycles. The summed E-state index contributed by atoms with van der Waals surface area (Å²) in [5, 5.41) is 15.2. The van der Waals surface area contributed by atoms with Gasteiger partial charge in [-0.1, -0.05) is 24.6 Å². The predicted molar refractivity (Wildman–Crippen MR) is 98.7 cm³/mol. The number of amides is 1. The smallest absolute Gasteiger partial charge is 0.247 e. The van der Waals surface area contributed by atoms with Crippen LogP contribution in [0, 0.1) is 6.92 Å². The van der Waals surface area contributed by atoms with Crippen LogP contribution in [0.5, 0.6) is 0 Å². The van der Waals surface area contributed by atoms with Crippen LogP contribution < -0.4 is 5.32 Å². The van der Waals surface area contributed by atoms with E-state index in [2.05, 4.69) is 34.5 Å². The first-order chi connectivity index (χ1) is 12.6. The molecule has 2 heterocycles. The fourth-order valence-electron chi connectivity index (χ4n) is 2.53. The molecule has 1 N–H and O–H groups in total. The molecule has 1 amide bonds. The summed E-state index contributed by atoms with van der Waals surface area (Å²) in [6, 6.07) is 9.89. The number of rotatable bonds is 7. The van der Waals surface area contributed by atoms with Crippen LogP contribution in [-0.2, 0) is 11.2 Å². The average molecular weight is 353 g/mol. The van der Waals surface area contributed by atoms with Gasteiger partial charge in [0.2, 0.25) is 17.7 Å². The van der Waals surface area contributed by atoms with Crippen molar-refractivity contribution in [3.05, 3.63) is 48.0 Å². The van der Waals surface area contributed by atoms with Crippen molar-refractivity contribution in [2.45, 2.75) is 46.1 Å². The van der Waals surface area contributed by atoms with Crippen LogP contribution in [0.4, 0.5) is 5.82 Å². The van der Waals surface area contributed by atoms with Gasteiger partial charge in [0, 0.05) is 24.5 Å². The zero-order chi connectivity index (χ0) is 18.5. The summed E-state index contributed by atoms with van der Waals surface area (Å²) in [7, 11) is 0. The summed E-state index contributed by atoms with van der Waals surface area (Å²) in [4.78, 5) is 12.2. The maximum Gasteiger partial charge on any atom is 0.247 e. The average Bonchev–Trinajstić information content (AvgIpc) is 3.29. The second-order valence-corrected chi connectivity index (χ2v) is 6.33. The minimum atomic E-state index is -0.106. The SMILES string of the molecule is CCC(C)n1nccc1NC(=O)CCc1nnc(-c2ccc(C)cc2)o1. The number of hydrogen-bond acceptors (Lipinski definition) is 5. The van der Waals surface area contributed by atoms with Crippen molar-refractivity contribution in [2.24, 2.45) is 0 Å². The maximum absolute atomic E-state index is 12.2. The number of aromatic nitrogens is 4. The van der Waals surface area contributed by atoms with E-state index in [1.54, 1.807) is 12.3 Å². The molecular formula is C19H23N5O2. The number of nitrogens with one attached hydrogen (secondary N) is 1. The van der Waals surface area contributed by atoms with Crippen LogP contribution in [-0.4, -0.2) is 25.9 Å². The highest BCUT2D eigenvalue weighted by molar-refractivity contribution is 5.89. The molecule has 2 aromatic heterocycles. The van der Waals surface area contributed by atoms with Crippen molar-refractivity contribution in [1.82, 2.24) is 20.0 Å². The molecule has 0 aliphatic rings. The summed E-state index contributed by atoms with van der Waals surface area (Å²) in [6.07, 6.45) is 3.28. The third-order valence-electron chi connectivity index (χ3n) is 4.28. The summed E-state index contributed by atoms with van der Waals surface area (Å²) in [5.41, 5.74) is 2.04. The molecule has 0 bridgehead atoms. The Labute approximate surface area is 152 Å². The van der Waals surface area contributed by atoms with E-state index in [0.717, 1.165) is 12.0 Å². The maximum atomic E-state index is 12.2. The van der Waals surface area contributed by atoms with Crippen LogP contribution in [0.3, 0.4) is 0 Å². The molecule has 136 valence electrons. The van der Waals surface area contributed by atoms with E-state index in [-0.39, 0.29) is 18.4 Å². The van der Waals surface area contributed by atoms with E-state index in [1.807, 2.05) is 35.9 Å². The molecule has 7 nitrogen and oxygen atoms in total. The Morgan fingerprint density at radius 3 is 2.73 bits per heavy atom. The number of benzene rings is 1. The normalized spacial score (nSPS) is 12.1. The molecule has 0 saturated heterocycles. The highest BCUT2D eigenvalue weighted by Crippen LogP contribution is 2.19. The van der Waals surface area contributed by atoms with Crippen molar-refractivity contribution in [2.75, 3.05) is 5.32 Å². The Balaban J connectivity index is 1.57. The highest BCUT2D eigenvalue weighted by Gasteiger charge is 2.13. The number of carbonyl (C=O) groups is 1. The first kappa shape index (κ1) is 17.8. The number of nitrogens with zero attached hydrogens (tertiary/aromatic N) is 4. The molecule has 7 heteroatoms. The molecule has 0 spiro atoms. The van der Waals surface area contributed by atoms with Gasteiger partial charge >= 0.3 is 0 Å². The zero-order valence-electron chi connectivity index (χ0n) is 15.3. The standard InChI is InChI=1S/C19H23N5O2/c1-4-14(3)24-16(11-12-20-24)21-17(25)9-10-18-22-23-19(26-18)15-7-5-13(2)6-8-15/h5-8,11-12,14H,4,9-10H2,1-3H3,(H,21,25). The van der Waals surface area contributed by atoms with Gasteiger partial charge in [-0.15, -0.1) is 10.2 Å². The number of hydrogen-bond donors (Lipinski definition) is 1. The molecule has 0 aliphatic heterocycles. The Morgan fingerprint density at radius 2 is 2.00 bits per heavy atom. The Morgan fingerprint density at radius 1 is 1.23 bits per heavy atom. The van der Waals surface area contributed by atoms with Crippen molar-refractivity contribution < 1.29 is 9.21 Å². The molecule has 26 heavy (non-hydrogen) atoms. The lowest BCUT2D eigenvalue weighted by atomic mass is 10.1. The van der Waals surface area contributed by atoms with Gasteiger partial charge in [0.25, 0.3) is 0 Å². The van der Waals surface area contributed by atoms with E-state index in [0.29, 0.717) is 24.0 Å². The molecule has 1 aromatic carbocycles. The van der Waals surface area contributed by atoms with Gasteiger partial charge in [-0.3, -0.25) is 4.79 Å². The molecule has 0 radical (unpaired) electrons. The van der Waals surface area contributed by atoms with Crippen LogP contribution in [0.25, 0.3) is 11.5 Å². The second kappa shape index (κ2) is 7.95. The third kappa shape index (κ3) is 4.17. The quantitative estimate of drug-likeness (QED) is 0.698. The monoisotopic (exact) mass is 353 g/mol. The minimum Gasteiger partial charge on any atom is -0.421 e. The molecule has 0 fully saturated rings.